The van der Waals surface area contributed by atoms with Crippen molar-refractivity contribution in [3.05, 3.63) is 82.1 Å². The van der Waals surface area contributed by atoms with Crippen LogP contribution in [0, 0.1) is 0 Å². The van der Waals surface area contributed by atoms with E-state index in [1.807, 2.05) is 42.6 Å². The van der Waals surface area contributed by atoms with Crippen molar-refractivity contribution in [2.45, 2.75) is 13.1 Å². The summed E-state index contributed by atoms with van der Waals surface area (Å²) in [6.45, 7) is 1.27. The Morgan fingerprint density at radius 1 is 0.950 bits per heavy atom. The summed E-state index contributed by atoms with van der Waals surface area (Å²) in [4.78, 5) is 11.9. The van der Waals surface area contributed by atoms with Gasteiger partial charge in [-0.1, -0.05) is 36.4 Å². The minimum absolute atomic E-state index is 0.0626. The van der Waals surface area contributed by atoms with Crippen molar-refractivity contribution >= 4 is 10.9 Å². The second-order valence-electron chi connectivity index (χ2n) is 4.85. The number of hydrogen-bond donors (Lipinski definition) is 1. The number of nitrogens with zero attached hydrogens (tertiary/aromatic N) is 1. The van der Waals surface area contributed by atoms with E-state index in [0.717, 1.165) is 23.0 Å². The summed E-state index contributed by atoms with van der Waals surface area (Å²) in [5.41, 5.74) is 8.99. The fourth-order valence-electron chi connectivity index (χ4n) is 2.45. The molecule has 3 aromatic rings. The third-order valence-corrected chi connectivity index (χ3v) is 3.46. The van der Waals surface area contributed by atoms with Gasteiger partial charge in [0, 0.05) is 30.7 Å². The molecule has 0 saturated heterocycles. The second-order valence-corrected chi connectivity index (χ2v) is 4.85. The number of benzene rings is 2. The average molecular weight is 264 g/mol. The molecule has 2 aromatic carbocycles. The van der Waals surface area contributed by atoms with Crippen LogP contribution < -0.4 is 11.2 Å². The van der Waals surface area contributed by atoms with Crippen LogP contribution in [0.1, 0.15) is 11.1 Å². The molecule has 0 aliphatic rings. The molecule has 3 rings (SSSR count). The Hall–Kier alpha value is -2.39. The van der Waals surface area contributed by atoms with E-state index in [1.54, 1.807) is 6.07 Å². The maximum atomic E-state index is 11.9. The Labute approximate surface area is 117 Å². The summed E-state index contributed by atoms with van der Waals surface area (Å²) < 4.78 is 2.09. The lowest BCUT2D eigenvalue weighted by Gasteiger charge is -2.11. The first-order chi connectivity index (χ1) is 9.78. The highest BCUT2D eigenvalue weighted by Crippen LogP contribution is 2.13. The fourth-order valence-corrected chi connectivity index (χ4v) is 2.45. The summed E-state index contributed by atoms with van der Waals surface area (Å²) >= 11 is 0. The molecule has 3 heteroatoms. The zero-order valence-electron chi connectivity index (χ0n) is 11.1. The molecular weight excluding hydrogens is 248 g/mol. The van der Waals surface area contributed by atoms with Gasteiger partial charge in [0.2, 0.25) is 0 Å². The molecule has 0 fully saturated rings. The highest BCUT2D eigenvalue weighted by Gasteiger charge is 2.03. The van der Waals surface area contributed by atoms with E-state index in [-0.39, 0.29) is 5.43 Å². The maximum absolute atomic E-state index is 11.9. The first kappa shape index (κ1) is 12.6. The first-order valence-corrected chi connectivity index (χ1v) is 6.64. The number of nitrogens with two attached hydrogens (primary N) is 1. The molecule has 3 nitrogen and oxygen atoms in total. The summed E-state index contributed by atoms with van der Waals surface area (Å²) in [6, 6.07) is 17.5. The van der Waals surface area contributed by atoms with Crippen molar-refractivity contribution in [1.82, 2.24) is 4.57 Å². The fraction of sp³-hybridized carbons (Fsp3) is 0.118. The van der Waals surface area contributed by atoms with Gasteiger partial charge in [0.25, 0.3) is 0 Å². The summed E-state index contributed by atoms with van der Waals surface area (Å²) in [5.74, 6) is 0. The van der Waals surface area contributed by atoms with Crippen LogP contribution in [0.3, 0.4) is 0 Å². The molecule has 0 aliphatic carbocycles. The SMILES string of the molecule is NCc1cccc(Cn2ccc(=O)c3ccccc32)c1. The van der Waals surface area contributed by atoms with Crippen LogP contribution >= 0.6 is 0 Å². The van der Waals surface area contributed by atoms with Gasteiger partial charge in [-0.2, -0.15) is 0 Å². The van der Waals surface area contributed by atoms with Crippen LogP contribution in [0.25, 0.3) is 10.9 Å². The normalized spacial score (nSPS) is 10.8. The summed E-state index contributed by atoms with van der Waals surface area (Å²) in [5, 5.41) is 0.755. The largest absolute Gasteiger partial charge is 0.343 e. The number of pyridine rings is 1. The highest BCUT2D eigenvalue weighted by atomic mass is 16.1. The molecule has 2 N–H and O–H groups in total. The molecule has 20 heavy (non-hydrogen) atoms. The van der Waals surface area contributed by atoms with Gasteiger partial charge < -0.3 is 10.3 Å². The van der Waals surface area contributed by atoms with E-state index in [0.29, 0.717) is 6.54 Å². The van der Waals surface area contributed by atoms with Crippen molar-refractivity contribution < 1.29 is 0 Å². The molecule has 0 atom stereocenters. The van der Waals surface area contributed by atoms with E-state index in [2.05, 4.69) is 16.7 Å². The zero-order valence-corrected chi connectivity index (χ0v) is 11.1. The molecule has 1 aromatic heterocycles. The van der Waals surface area contributed by atoms with E-state index in [9.17, 15) is 4.79 Å². The molecule has 0 bridgehead atoms. The van der Waals surface area contributed by atoms with Gasteiger partial charge in [0.05, 0.1) is 5.52 Å². The third kappa shape index (κ3) is 2.36. The van der Waals surface area contributed by atoms with Crippen LogP contribution in [0.5, 0.6) is 0 Å². The van der Waals surface area contributed by atoms with Crippen molar-refractivity contribution in [3.63, 3.8) is 0 Å². The number of hydrogen-bond acceptors (Lipinski definition) is 2. The van der Waals surface area contributed by atoms with Crippen LogP contribution in [-0.2, 0) is 13.1 Å². The van der Waals surface area contributed by atoms with Gasteiger partial charge in [-0.25, -0.2) is 0 Å². The van der Waals surface area contributed by atoms with Crippen LogP contribution in [0.2, 0.25) is 0 Å². The standard InChI is InChI=1S/C17H16N2O/c18-11-13-4-3-5-14(10-13)12-19-9-8-17(20)15-6-1-2-7-16(15)19/h1-10H,11-12,18H2. The van der Waals surface area contributed by atoms with Crippen LogP contribution in [0.15, 0.2) is 65.6 Å². The zero-order chi connectivity index (χ0) is 13.9. The van der Waals surface area contributed by atoms with Gasteiger partial charge >= 0.3 is 0 Å². The van der Waals surface area contributed by atoms with E-state index < -0.39 is 0 Å². The maximum Gasteiger partial charge on any atom is 0.189 e. The molecule has 0 radical (unpaired) electrons. The smallest absolute Gasteiger partial charge is 0.189 e. The lowest BCUT2D eigenvalue weighted by Crippen LogP contribution is -2.09. The topological polar surface area (TPSA) is 48.0 Å². The highest BCUT2D eigenvalue weighted by molar-refractivity contribution is 5.78. The van der Waals surface area contributed by atoms with Crippen LogP contribution in [-0.4, -0.2) is 4.57 Å². The van der Waals surface area contributed by atoms with E-state index >= 15 is 0 Å². The minimum Gasteiger partial charge on any atom is -0.343 e. The number of rotatable bonds is 3. The van der Waals surface area contributed by atoms with Gasteiger partial charge in [-0.15, -0.1) is 0 Å². The van der Waals surface area contributed by atoms with Gasteiger partial charge in [0.15, 0.2) is 5.43 Å². The molecule has 0 spiro atoms. The lowest BCUT2D eigenvalue weighted by molar-refractivity contribution is 0.823. The Morgan fingerprint density at radius 3 is 2.60 bits per heavy atom. The van der Waals surface area contributed by atoms with E-state index in [4.69, 9.17) is 5.73 Å². The predicted molar refractivity (Wildman–Crippen MR) is 81.6 cm³/mol. The van der Waals surface area contributed by atoms with Crippen molar-refractivity contribution in [1.29, 1.82) is 0 Å². The summed E-state index contributed by atoms with van der Waals surface area (Å²) in [6.07, 6.45) is 1.85. The number of para-hydroxylation sites is 1. The third-order valence-electron chi connectivity index (χ3n) is 3.46. The van der Waals surface area contributed by atoms with Crippen molar-refractivity contribution in [2.24, 2.45) is 5.73 Å². The molecule has 100 valence electrons. The second kappa shape index (κ2) is 5.31. The molecule has 0 aliphatic heterocycles. The van der Waals surface area contributed by atoms with Crippen molar-refractivity contribution in [3.8, 4) is 0 Å². The van der Waals surface area contributed by atoms with Gasteiger partial charge in [-0.05, 0) is 23.3 Å². The van der Waals surface area contributed by atoms with Crippen molar-refractivity contribution in [2.75, 3.05) is 0 Å². The first-order valence-electron chi connectivity index (χ1n) is 6.64. The van der Waals surface area contributed by atoms with Gasteiger partial charge in [-0.3, -0.25) is 4.79 Å². The number of aromatic nitrogens is 1. The summed E-state index contributed by atoms with van der Waals surface area (Å²) in [7, 11) is 0. The quantitative estimate of drug-likeness (QED) is 0.790. The Kier molecular flexibility index (Phi) is 3.35. The van der Waals surface area contributed by atoms with E-state index in [1.165, 1.54) is 5.56 Å². The minimum atomic E-state index is 0.0626. The van der Waals surface area contributed by atoms with Gasteiger partial charge in [0.1, 0.15) is 0 Å². The molecule has 1 heterocycles. The average Bonchev–Trinajstić information content (AvgIpc) is 2.51. The molecule has 0 amide bonds. The Bertz CT molecular complexity index is 805. The number of fused-ring (bicyclic) bond motifs is 1. The predicted octanol–water partition coefficient (Wildman–Crippen LogP) is 2.51. The monoisotopic (exact) mass is 264 g/mol. The Morgan fingerprint density at radius 2 is 1.75 bits per heavy atom. The molecule has 0 unspecified atom stereocenters. The molecule has 0 saturated carbocycles. The van der Waals surface area contributed by atoms with Crippen LogP contribution in [0.4, 0.5) is 0 Å². The lowest BCUT2D eigenvalue weighted by atomic mass is 10.1. The Balaban J connectivity index is 2.07. The molecular formula is C17H16N2O.